The molecule has 32 heavy (non-hydrogen) atoms. The fourth-order valence-electron chi connectivity index (χ4n) is 3.82. The molecule has 166 valence electrons. The Balaban J connectivity index is 1.49. The van der Waals surface area contributed by atoms with Crippen LogP contribution in [0.25, 0.3) is 11.4 Å². The molecule has 0 spiro atoms. The molecule has 1 fully saturated rings. The second-order valence-corrected chi connectivity index (χ2v) is 7.91. The summed E-state index contributed by atoms with van der Waals surface area (Å²) < 4.78 is 5.55. The molecule has 2 amide bonds. The van der Waals surface area contributed by atoms with Gasteiger partial charge in [-0.3, -0.25) is 19.6 Å². The first-order valence-corrected chi connectivity index (χ1v) is 10.8. The standard InChI is InChI=1S/C23H26N6O3/c1-16-6-10-25-15-19(16)23(31)29-12-3-5-17(7-11-26-20(30)8-13-29)22-27-21(28-32-22)18-4-2-9-24-14-18/h2,4,6,9-10,14-15,17H,3,5,7-8,11-13H2,1H3,(H,26,30). The van der Waals surface area contributed by atoms with Gasteiger partial charge in [-0.1, -0.05) is 5.16 Å². The van der Waals surface area contributed by atoms with Gasteiger partial charge in [-0.05, 0) is 49.9 Å². The van der Waals surface area contributed by atoms with Crippen molar-refractivity contribution >= 4 is 11.8 Å². The van der Waals surface area contributed by atoms with Crippen LogP contribution in [0.3, 0.4) is 0 Å². The van der Waals surface area contributed by atoms with Gasteiger partial charge in [-0.25, -0.2) is 0 Å². The van der Waals surface area contributed by atoms with Gasteiger partial charge in [-0.15, -0.1) is 0 Å². The third-order valence-corrected chi connectivity index (χ3v) is 5.67. The van der Waals surface area contributed by atoms with Crippen molar-refractivity contribution in [2.75, 3.05) is 19.6 Å². The molecule has 0 saturated carbocycles. The summed E-state index contributed by atoms with van der Waals surface area (Å²) >= 11 is 0. The van der Waals surface area contributed by atoms with Crippen LogP contribution in [0.5, 0.6) is 0 Å². The Labute approximate surface area is 186 Å². The molecule has 0 aromatic carbocycles. The van der Waals surface area contributed by atoms with Crippen molar-refractivity contribution in [3.8, 4) is 11.4 Å². The highest BCUT2D eigenvalue weighted by Gasteiger charge is 2.24. The van der Waals surface area contributed by atoms with E-state index < -0.39 is 0 Å². The van der Waals surface area contributed by atoms with E-state index in [0.29, 0.717) is 43.3 Å². The van der Waals surface area contributed by atoms with Crippen LogP contribution >= 0.6 is 0 Å². The number of aromatic nitrogens is 4. The Kier molecular flexibility index (Phi) is 6.84. The predicted molar refractivity (Wildman–Crippen MR) is 117 cm³/mol. The summed E-state index contributed by atoms with van der Waals surface area (Å²) in [6.07, 6.45) is 9.12. The van der Waals surface area contributed by atoms with Gasteiger partial charge in [0.05, 0.1) is 5.56 Å². The van der Waals surface area contributed by atoms with Crippen molar-refractivity contribution in [1.82, 2.24) is 30.3 Å². The van der Waals surface area contributed by atoms with Crippen molar-refractivity contribution in [3.05, 3.63) is 60.0 Å². The number of hydrogen-bond donors (Lipinski definition) is 1. The molecule has 1 aliphatic rings. The quantitative estimate of drug-likeness (QED) is 0.674. The SMILES string of the molecule is Cc1ccncc1C(=O)N1CCCC(c2nc(-c3cccnc3)no2)CCNC(=O)CC1. The molecule has 4 rings (SSSR count). The van der Waals surface area contributed by atoms with Crippen molar-refractivity contribution in [2.45, 2.75) is 38.5 Å². The van der Waals surface area contributed by atoms with Crippen LogP contribution in [-0.4, -0.2) is 56.5 Å². The normalized spacial score (nSPS) is 18.0. The monoisotopic (exact) mass is 434 g/mol. The summed E-state index contributed by atoms with van der Waals surface area (Å²) in [7, 11) is 0. The van der Waals surface area contributed by atoms with Gasteiger partial charge in [0.1, 0.15) is 0 Å². The van der Waals surface area contributed by atoms with E-state index in [2.05, 4.69) is 25.4 Å². The molecule has 1 saturated heterocycles. The minimum Gasteiger partial charge on any atom is -0.356 e. The first-order chi connectivity index (χ1) is 15.6. The summed E-state index contributed by atoms with van der Waals surface area (Å²) in [6.45, 7) is 3.32. The van der Waals surface area contributed by atoms with Gasteiger partial charge in [0.2, 0.25) is 17.6 Å². The molecule has 1 unspecified atom stereocenters. The number of hydrogen-bond acceptors (Lipinski definition) is 7. The Hall–Kier alpha value is -3.62. The maximum absolute atomic E-state index is 13.1. The van der Waals surface area contributed by atoms with E-state index in [9.17, 15) is 9.59 Å². The molecule has 1 N–H and O–H groups in total. The summed E-state index contributed by atoms with van der Waals surface area (Å²) in [5.41, 5.74) is 2.23. The van der Waals surface area contributed by atoms with Gasteiger partial charge in [0.25, 0.3) is 5.91 Å². The number of nitrogens with zero attached hydrogens (tertiary/aromatic N) is 5. The largest absolute Gasteiger partial charge is 0.356 e. The molecule has 3 aromatic heterocycles. The molecule has 9 heteroatoms. The second-order valence-electron chi connectivity index (χ2n) is 7.91. The van der Waals surface area contributed by atoms with Crippen LogP contribution in [0.15, 0.2) is 47.5 Å². The van der Waals surface area contributed by atoms with Crippen LogP contribution in [0.2, 0.25) is 0 Å². The van der Waals surface area contributed by atoms with E-state index in [4.69, 9.17) is 4.52 Å². The average Bonchev–Trinajstić information content (AvgIpc) is 3.29. The highest BCUT2D eigenvalue weighted by Crippen LogP contribution is 2.26. The Morgan fingerprint density at radius 1 is 1.16 bits per heavy atom. The number of carbonyl (C=O) groups is 2. The Morgan fingerprint density at radius 2 is 2.03 bits per heavy atom. The van der Waals surface area contributed by atoms with Gasteiger partial charge in [0.15, 0.2) is 0 Å². The molecule has 0 radical (unpaired) electrons. The number of pyridine rings is 2. The lowest BCUT2D eigenvalue weighted by Gasteiger charge is -2.23. The van der Waals surface area contributed by atoms with Crippen LogP contribution in [0.4, 0.5) is 0 Å². The first kappa shape index (κ1) is 21.6. The third-order valence-electron chi connectivity index (χ3n) is 5.67. The average molecular weight is 435 g/mol. The fourth-order valence-corrected chi connectivity index (χ4v) is 3.82. The molecule has 0 aliphatic carbocycles. The van der Waals surface area contributed by atoms with Crippen LogP contribution in [0, 0.1) is 6.92 Å². The molecular formula is C23H26N6O3. The van der Waals surface area contributed by atoms with Crippen LogP contribution in [-0.2, 0) is 4.79 Å². The lowest BCUT2D eigenvalue weighted by molar-refractivity contribution is -0.121. The number of aryl methyl sites for hydroxylation is 1. The summed E-state index contributed by atoms with van der Waals surface area (Å²) in [5.74, 6) is 0.848. The summed E-state index contributed by atoms with van der Waals surface area (Å²) in [5, 5.41) is 7.04. The third kappa shape index (κ3) is 5.16. The maximum Gasteiger partial charge on any atom is 0.255 e. The lowest BCUT2D eigenvalue weighted by Crippen LogP contribution is -2.36. The van der Waals surface area contributed by atoms with E-state index in [1.54, 1.807) is 29.7 Å². The number of nitrogens with one attached hydrogen (secondary N) is 1. The highest BCUT2D eigenvalue weighted by atomic mass is 16.5. The second kappa shape index (κ2) is 10.1. The fraction of sp³-hybridized carbons (Fsp3) is 0.391. The van der Waals surface area contributed by atoms with E-state index in [-0.39, 0.29) is 24.2 Å². The predicted octanol–water partition coefficient (Wildman–Crippen LogP) is 2.75. The zero-order valence-corrected chi connectivity index (χ0v) is 18.0. The zero-order valence-electron chi connectivity index (χ0n) is 18.0. The molecule has 9 nitrogen and oxygen atoms in total. The van der Waals surface area contributed by atoms with Crippen LogP contribution < -0.4 is 5.32 Å². The highest BCUT2D eigenvalue weighted by molar-refractivity contribution is 5.95. The van der Waals surface area contributed by atoms with E-state index in [1.807, 2.05) is 25.1 Å². The van der Waals surface area contributed by atoms with E-state index in [0.717, 1.165) is 24.0 Å². The molecule has 4 heterocycles. The van der Waals surface area contributed by atoms with Gasteiger partial charge >= 0.3 is 0 Å². The van der Waals surface area contributed by atoms with Crippen molar-refractivity contribution in [3.63, 3.8) is 0 Å². The smallest absolute Gasteiger partial charge is 0.255 e. The number of rotatable bonds is 3. The maximum atomic E-state index is 13.1. The summed E-state index contributed by atoms with van der Waals surface area (Å²) in [6, 6.07) is 5.52. The van der Waals surface area contributed by atoms with Crippen molar-refractivity contribution in [1.29, 1.82) is 0 Å². The molecule has 1 atom stereocenters. The first-order valence-electron chi connectivity index (χ1n) is 10.8. The zero-order chi connectivity index (χ0) is 22.3. The van der Waals surface area contributed by atoms with Gasteiger partial charge in [0, 0.05) is 62.3 Å². The van der Waals surface area contributed by atoms with Crippen LogP contribution in [0.1, 0.15) is 53.4 Å². The minimum absolute atomic E-state index is 0.0107. The number of carbonyl (C=O) groups excluding carboxylic acids is 2. The topological polar surface area (TPSA) is 114 Å². The minimum atomic E-state index is -0.101. The van der Waals surface area contributed by atoms with E-state index in [1.165, 1.54) is 0 Å². The van der Waals surface area contributed by atoms with Crippen molar-refractivity contribution in [2.24, 2.45) is 0 Å². The van der Waals surface area contributed by atoms with Crippen molar-refractivity contribution < 1.29 is 14.1 Å². The van der Waals surface area contributed by atoms with Gasteiger partial charge in [-0.2, -0.15) is 4.98 Å². The lowest BCUT2D eigenvalue weighted by atomic mass is 9.99. The van der Waals surface area contributed by atoms with E-state index >= 15 is 0 Å². The Bertz CT molecular complexity index is 1070. The molecular weight excluding hydrogens is 408 g/mol. The summed E-state index contributed by atoms with van der Waals surface area (Å²) in [4.78, 5) is 39.9. The Morgan fingerprint density at radius 3 is 2.84 bits per heavy atom. The molecule has 0 bridgehead atoms. The molecule has 3 aromatic rings. The molecule has 1 aliphatic heterocycles. The number of amides is 2. The van der Waals surface area contributed by atoms with Gasteiger partial charge < -0.3 is 14.7 Å².